The molecule has 0 spiro atoms. The second-order valence-corrected chi connectivity index (χ2v) is 2.64. The summed E-state index contributed by atoms with van der Waals surface area (Å²) in [7, 11) is 0. The van der Waals surface area contributed by atoms with Gasteiger partial charge in [0.15, 0.2) is 0 Å². The first-order valence-electron chi connectivity index (χ1n) is 3.70. The van der Waals surface area contributed by atoms with Crippen LogP contribution in [-0.4, -0.2) is 11.2 Å². The Kier molecular flexibility index (Phi) is 2.29. The lowest BCUT2D eigenvalue weighted by atomic mass is 9.96. The Morgan fingerprint density at radius 2 is 2.56 bits per heavy atom. The van der Waals surface area contributed by atoms with Crippen molar-refractivity contribution in [2.45, 2.75) is 38.7 Å². The van der Waals surface area contributed by atoms with Gasteiger partial charge < -0.3 is 5.11 Å². The maximum Gasteiger partial charge on any atom is 0.0723 e. The summed E-state index contributed by atoms with van der Waals surface area (Å²) in [6.45, 7) is 2.14. The first kappa shape index (κ1) is 6.81. The molecule has 1 aliphatic carbocycles. The largest absolute Gasteiger partial charge is 0.389 e. The van der Waals surface area contributed by atoms with E-state index in [1.54, 1.807) is 0 Å². The fourth-order valence-corrected chi connectivity index (χ4v) is 1.27. The van der Waals surface area contributed by atoms with Crippen LogP contribution in [0.5, 0.6) is 0 Å². The SMILES string of the molecule is CCC1=CC(O)CCC1. The Morgan fingerprint density at radius 3 is 3.00 bits per heavy atom. The van der Waals surface area contributed by atoms with Gasteiger partial charge in [0, 0.05) is 0 Å². The molecule has 0 aromatic carbocycles. The Balaban J connectivity index is 2.49. The van der Waals surface area contributed by atoms with Gasteiger partial charge in [-0.3, -0.25) is 0 Å². The number of aliphatic hydroxyl groups is 1. The number of hydrogen-bond acceptors (Lipinski definition) is 1. The van der Waals surface area contributed by atoms with Crippen molar-refractivity contribution in [3.8, 4) is 0 Å². The molecule has 1 aliphatic rings. The first-order valence-corrected chi connectivity index (χ1v) is 3.70. The van der Waals surface area contributed by atoms with Gasteiger partial charge in [-0.1, -0.05) is 18.6 Å². The van der Waals surface area contributed by atoms with Crippen molar-refractivity contribution < 1.29 is 5.11 Å². The number of allylic oxidation sites excluding steroid dienone is 1. The topological polar surface area (TPSA) is 20.2 Å². The van der Waals surface area contributed by atoms with Crippen LogP contribution in [0.3, 0.4) is 0 Å². The summed E-state index contributed by atoms with van der Waals surface area (Å²) >= 11 is 0. The average Bonchev–Trinajstić information content (AvgIpc) is 1.88. The van der Waals surface area contributed by atoms with Crippen LogP contribution in [0, 0.1) is 0 Å². The highest BCUT2D eigenvalue weighted by Gasteiger charge is 2.07. The molecular formula is C8H14O. The molecule has 52 valence electrons. The standard InChI is InChI=1S/C8H14O/c1-2-7-4-3-5-8(9)6-7/h6,8-9H,2-5H2,1H3. The second-order valence-electron chi connectivity index (χ2n) is 2.64. The lowest BCUT2D eigenvalue weighted by molar-refractivity contribution is 0.201. The molecule has 1 unspecified atom stereocenters. The van der Waals surface area contributed by atoms with E-state index in [4.69, 9.17) is 5.11 Å². The van der Waals surface area contributed by atoms with Crippen molar-refractivity contribution in [3.05, 3.63) is 11.6 Å². The fourth-order valence-electron chi connectivity index (χ4n) is 1.27. The van der Waals surface area contributed by atoms with Crippen molar-refractivity contribution in [2.75, 3.05) is 0 Å². The van der Waals surface area contributed by atoms with Gasteiger partial charge in [-0.05, 0) is 25.7 Å². The molecule has 0 amide bonds. The van der Waals surface area contributed by atoms with Crippen molar-refractivity contribution in [2.24, 2.45) is 0 Å². The monoisotopic (exact) mass is 126 g/mol. The summed E-state index contributed by atoms with van der Waals surface area (Å²) in [5.74, 6) is 0. The van der Waals surface area contributed by atoms with Gasteiger partial charge in [0.2, 0.25) is 0 Å². The van der Waals surface area contributed by atoms with Crippen molar-refractivity contribution >= 4 is 0 Å². The number of aliphatic hydroxyl groups excluding tert-OH is 1. The van der Waals surface area contributed by atoms with Crippen LogP contribution < -0.4 is 0 Å². The van der Waals surface area contributed by atoms with E-state index in [-0.39, 0.29) is 6.10 Å². The van der Waals surface area contributed by atoms with Gasteiger partial charge in [0.1, 0.15) is 0 Å². The lowest BCUT2D eigenvalue weighted by Gasteiger charge is -2.14. The van der Waals surface area contributed by atoms with Crippen LogP contribution in [0.2, 0.25) is 0 Å². The third-order valence-corrected chi connectivity index (χ3v) is 1.88. The maximum atomic E-state index is 9.13. The molecule has 1 heteroatoms. The highest BCUT2D eigenvalue weighted by Crippen LogP contribution is 2.19. The van der Waals surface area contributed by atoms with Gasteiger partial charge >= 0.3 is 0 Å². The number of hydrogen-bond donors (Lipinski definition) is 1. The Bertz CT molecular complexity index is 116. The normalized spacial score (nSPS) is 27.8. The van der Waals surface area contributed by atoms with E-state index in [9.17, 15) is 0 Å². The van der Waals surface area contributed by atoms with Gasteiger partial charge in [-0.15, -0.1) is 0 Å². The van der Waals surface area contributed by atoms with E-state index in [0.717, 1.165) is 12.8 Å². The number of rotatable bonds is 1. The molecule has 0 radical (unpaired) electrons. The van der Waals surface area contributed by atoms with Crippen LogP contribution >= 0.6 is 0 Å². The van der Waals surface area contributed by atoms with E-state index >= 15 is 0 Å². The smallest absolute Gasteiger partial charge is 0.0723 e. The molecular weight excluding hydrogens is 112 g/mol. The molecule has 1 rings (SSSR count). The fraction of sp³-hybridized carbons (Fsp3) is 0.750. The van der Waals surface area contributed by atoms with Gasteiger partial charge in [-0.2, -0.15) is 0 Å². The molecule has 0 fully saturated rings. The summed E-state index contributed by atoms with van der Waals surface area (Å²) in [5, 5.41) is 9.13. The van der Waals surface area contributed by atoms with E-state index in [0.29, 0.717) is 0 Å². The molecule has 0 saturated heterocycles. The third-order valence-electron chi connectivity index (χ3n) is 1.88. The van der Waals surface area contributed by atoms with Gasteiger partial charge in [0.05, 0.1) is 6.10 Å². The molecule has 0 heterocycles. The van der Waals surface area contributed by atoms with Crippen molar-refractivity contribution in [1.82, 2.24) is 0 Å². The van der Waals surface area contributed by atoms with Crippen LogP contribution in [0.4, 0.5) is 0 Å². The average molecular weight is 126 g/mol. The first-order chi connectivity index (χ1) is 4.33. The van der Waals surface area contributed by atoms with E-state index in [1.165, 1.54) is 18.4 Å². The molecule has 1 atom stereocenters. The predicted octanol–water partition coefficient (Wildman–Crippen LogP) is 1.87. The highest BCUT2D eigenvalue weighted by molar-refractivity contribution is 5.07. The Labute approximate surface area is 56.4 Å². The zero-order chi connectivity index (χ0) is 6.69. The van der Waals surface area contributed by atoms with Crippen molar-refractivity contribution in [3.63, 3.8) is 0 Å². The quantitative estimate of drug-likeness (QED) is 0.532. The molecule has 0 aliphatic heterocycles. The van der Waals surface area contributed by atoms with Crippen LogP contribution in [0.15, 0.2) is 11.6 Å². The third kappa shape index (κ3) is 1.83. The van der Waals surface area contributed by atoms with E-state index < -0.39 is 0 Å². The molecule has 1 N–H and O–H groups in total. The highest BCUT2D eigenvalue weighted by atomic mass is 16.3. The van der Waals surface area contributed by atoms with Crippen LogP contribution in [0.25, 0.3) is 0 Å². The molecule has 9 heavy (non-hydrogen) atoms. The Morgan fingerprint density at radius 1 is 1.78 bits per heavy atom. The maximum absolute atomic E-state index is 9.13. The van der Waals surface area contributed by atoms with Crippen LogP contribution in [-0.2, 0) is 0 Å². The lowest BCUT2D eigenvalue weighted by Crippen LogP contribution is -2.08. The minimum absolute atomic E-state index is 0.145. The zero-order valence-corrected chi connectivity index (χ0v) is 5.93. The van der Waals surface area contributed by atoms with Gasteiger partial charge in [-0.25, -0.2) is 0 Å². The molecule has 0 aromatic heterocycles. The predicted molar refractivity (Wildman–Crippen MR) is 38.2 cm³/mol. The summed E-state index contributed by atoms with van der Waals surface area (Å²) in [6, 6.07) is 0. The molecule has 1 nitrogen and oxygen atoms in total. The molecule has 0 aromatic rings. The van der Waals surface area contributed by atoms with Gasteiger partial charge in [0.25, 0.3) is 0 Å². The summed E-state index contributed by atoms with van der Waals surface area (Å²) in [4.78, 5) is 0. The second kappa shape index (κ2) is 3.02. The summed E-state index contributed by atoms with van der Waals surface area (Å²) in [5.41, 5.74) is 1.42. The molecule has 0 bridgehead atoms. The van der Waals surface area contributed by atoms with Crippen LogP contribution in [0.1, 0.15) is 32.6 Å². The Hall–Kier alpha value is -0.300. The van der Waals surface area contributed by atoms with E-state index in [2.05, 4.69) is 6.92 Å². The minimum atomic E-state index is -0.145. The summed E-state index contributed by atoms with van der Waals surface area (Å²) in [6.07, 6.45) is 6.30. The zero-order valence-electron chi connectivity index (χ0n) is 5.93. The minimum Gasteiger partial charge on any atom is -0.389 e. The van der Waals surface area contributed by atoms with E-state index in [1.807, 2.05) is 6.08 Å². The molecule has 0 saturated carbocycles. The summed E-state index contributed by atoms with van der Waals surface area (Å²) < 4.78 is 0. The van der Waals surface area contributed by atoms with Crippen molar-refractivity contribution in [1.29, 1.82) is 0 Å².